The standard InChI is InChI=1S/C16H18ClNO2/c1-13-4-9-16(19)18(12-13)14-5-7-15(8-6-14)20-11-3-2-10-17/h4-9,12H,2-3,10-11H2,1H3. The van der Waals surface area contributed by atoms with Gasteiger partial charge in [0, 0.05) is 23.8 Å². The molecule has 0 saturated heterocycles. The predicted octanol–water partition coefficient (Wildman–Crippen LogP) is 3.54. The minimum atomic E-state index is -0.0358. The second kappa shape index (κ2) is 7.15. The van der Waals surface area contributed by atoms with Crippen molar-refractivity contribution in [2.24, 2.45) is 0 Å². The average Bonchev–Trinajstić information content (AvgIpc) is 2.47. The molecule has 20 heavy (non-hydrogen) atoms. The number of hydrogen-bond donors (Lipinski definition) is 0. The lowest BCUT2D eigenvalue weighted by Crippen LogP contribution is -2.16. The number of aromatic nitrogens is 1. The van der Waals surface area contributed by atoms with Crippen LogP contribution in [0, 0.1) is 6.92 Å². The number of unbranched alkanes of at least 4 members (excludes halogenated alkanes) is 1. The Bertz CT molecular complexity index is 605. The molecule has 0 aliphatic carbocycles. The lowest BCUT2D eigenvalue weighted by Gasteiger charge is -2.09. The third kappa shape index (κ3) is 3.87. The van der Waals surface area contributed by atoms with Gasteiger partial charge in [0.25, 0.3) is 5.56 Å². The number of rotatable bonds is 6. The van der Waals surface area contributed by atoms with E-state index in [1.807, 2.05) is 43.5 Å². The lowest BCUT2D eigenvalue weighted by atomic mass is 10.2. The molecule has 0 atom stereocenters. The maximum absolute atomic E-state index is 11.8. The Morgan fingerprint density at radius 1 is 1.10 bits per heavy atom. The zero-order valence-corrected chi connectivity index (χ0v) is 12.3. The molecule has 0 N–H and O–H groups in total. The van der Waals surface area contributed by atoms with E-state index in [2.05, 4.69) is 0 Å². The van der Waals surface area contributed by atoms with E-state index >= 15 is 0 Å². The maximum atomic E-state index is 11.8. The summed E-state index contributed by atoms with van der Waals surface area (Å²) in [5.74, 6) is 1.47. The summed E-state index contributed by atoms with van der Waals surface area (Å²) in [5.41, 5.74) is 1.85. The quantitative estimate of drug-likeness (QED) is 0.602. The van der Waals surface area contributed by atoms with Crippen molar-refractivity contribution in [1.29, 1.82) is 0 Å². The zero-order chi connectivity index (χ0) is 14.4. The van der Waals surface area contributed by atoms with E-state index in [-0.39, 0.29) is 5.56 Å². The van der Waals surface area contributed by atoms with Gasteiger partial charge in [0.2, 0.25) is 0 Å². The van der Waals surface area contributed by atoms with Crippen LogP contribution in [0.5, 0.6) is 5.75 Å². The monoisotopic (exact) mass is 291 g/mol. The summed E-state index contributed by atoms with van der Waals surface area (Å²) in [6.45, 7) is 2.63. The van der Waals surface area contributed by atoms with Crippen LogP contribution in [0.15, 0.2) is 47.4 Å². The highest BCUT2D eigenvalue weighted by Crippen LogP contribution is 2.15. The molecule has 3 nitrogen and oxygen atoms in total. The molecule has 2 rings (SSSR count). The first kappa shape index (κ1) is 14.7. The first-order chi connectivity index (χ1) is 9.70. The predicted molar refractivity (Wildman–Crippen MR) is 82.2 cm³/mol. The van der Waals surface area contributed by atoms with Gasteiger partial charge in [-0.25, -0.2) is 0 Å². The summed E-state index contributed by atoms with van der Waals surface area (Å²) < 4.78 is 7.24. The molecule has 1 aromatic heterocycles. The van der Waals surface area contributed by atoms with E-state index in [9.17, 15) is 4.79 Å². The van der Waals surface area contributed by atoms with Crippen LogP contribution < -0.4 is 10.3 Å². The van der Waals surface area contributed by atoms with Crippen LogP contribution >= 0.6 is 11.6 Å². The van der Waals surface area contributed by atoms with Gasteiger partial charge in [-0.15, -0.1) is 11.6 Å². The minimum Gasteiger partial charge on any atom is -0.494 e. The lowest BCUT2D eigenvalue weighted by molar-refractivity contribution is 0.309. The van der Waals surface area contributed by atoms with Gasteiger partial charge in [-0.05, 0) is 49.6 Å². The molecule has 0 unspecified atom stereocenters. The molecule has 4 heteroatoms. The Morgan fingerprint density at radius 3 is 2.55 bits per heavy atom. The van der Waals surface area contributed by atoms with E-state index in [1.54, 1.807) is 10.6 Å². The molecule has 0 aliphatic rings. The Labute approximate surface area is 123 Å². The van der Waals surface area contributed by atoms with Crippen LogP contribution in [0.2, 0.25) is 0 Å². The third-order valence-corrected chi connectivity index (χ3v) is 3.24. The van der Waals surface area contributed by atoms with Gasteiger partial charge in [0.15, 0.2) is 0 Å². The van der Waals surface area contributed by atoms with Crippen molar-refractivity contribution in [2.75, 3.05) is 12.5 Å². The summed E-state index contributed by atoms with van der Waals surface area (Å²) in [5, 5.41) is 0. The van der Waals surface area contributed by atoms with Crippen molar-refractivity contribution in [2.45, 2.75) is 19.8 Å². The molecule has 1 heterocycles. The van der Waals surface area contributed by atoms with Crippen LogP contribution in [-0.2, 0) is 0 Å². The van der Waals surface area contributed by atoms with Crippen molar-refractivity contribution in [3.8, 4) is 11.4 Å². The summed E-state index contributed by atoms with van der Waals surface area (Å²) in [6.07, 6.45) is 3.74. The highest BCUT2D eigenvalue weighted by atomic mass is 35.5. The SMILES string of the molecule is Cc1ccc(=O)n(-c2ccc(OCCCCCl)cc2)c1. The molecule has 0 amide bonds. The highest BCUT2D eigenvalue weighted by Gasteiger charge is 2.00. The largest absolute Gasteiger partial charge is 0.494 e. The molecule has 0 aliphatic heterocycles. The van der Waals surface area contributed by atoms with Crippen LogP contribution in [-0.4, -0.2) is 17.1 Å². The van der Waals surface area contributed by atoms with Gasteiger partial charge in [-0.2, -0.15) is 0 Å². The normalized spacial score (nSPS) is 10.5. The molecule has 0 saturated carbocycles. The van der Waals surface area contributed by atoms with Crippen LogP contribution in [0.1, 0.15) is 18.4 Å². The van der Waals surface area contributed by atoms with Crippen molar-refractivity contribution < 1.29 is 4.74 Å². The molecule has 0 bridgehead atoms. The van der Waals surface area contributed by atoms with Gasteiger partial charge in [0.1, 0.15) is 5.75 Å². The average molecular weight is 292 g/mol. The van der Waals surface area contributed by atoms with Gasteiger partial charge >= 0.3 is 0 Å². The van der Waals surface area contributed by atoms with Crippen LogP contribution in [0.4, 0.5) is 0 Å². The molecule has 0 radical (unpaired) electrons. The van der Waals surface area contributed by atoms with Crippen molar-refractivity contribution >= 4 is 11.6 Å². The van der Waals surface area contributed by atoms with E-state index in [1.165, 1.54) is 0 Å². The number of alkyl halides is 1. The fraction of sp³-hybridized carbons (Fsp3) is 0.312. The van der Waals surface area contributed by atoms with E-state index in [0.29, 0.717) is 12.5 Å². The van der Waals surface area contributed by atoms with Crippen molar-refractivity contribution in [3.05, 3.63) is 58.5 Å². The highest BCUT2D eigenvalue weighted by molar-refractivity contribution is 6.17. The number of pyridine rings is 1. The molecular formula is C16H18ClNO2. The van der Waals surface area contributed by atoms with Crippen LogP contribution in [0.3, 0.4) is 0 Å². The Morgan fingerprint density at radius 2 is 1.85 bits per heavy atom. The zero-order valence-electron chi connectivity index (χ0n) is 11.5. The molecule has 0 spiro atoms. The number of hydrogen-bond acceptors (Lipinski definition) is 2. The molecule has 0 fully saturated rings. The topological polar surface area (TPSA) is 31.2 Å². The molecule has 106 valence electrons. The molecular weight excluding hydrogens is 274 g/mol. The van der Waals surface area contributed by atoms with Crippen molar-refractivity contribution in [1.82, 2.24) is 4.57 Å². The summed E-state index contributed by atoms with van der Waals surface area (Å²) >= 11 is 5.61. The van der Waals surface area contributed by atoms with Gasteiger partial charge in [-0.1, -0.05) is 6.07 Å². The molecule has 1 aromatic carbocycles. The Kier molecular flexibility index (Phi) is 5.24. The number of ether oxygens (including phenoxy) is 1. The first-order valence-electron chi connectivity index (χ1n) is 6.69. The fourth-order valence-corrected chi connectivity index (χ4v) is 2.07. The number of nitrogens with zero attached hydrogens (tertiary/aromatic N) is 1. The summed E-state index contributed by atoms with van der Waals surface area (Å²) in [4.78, 5) is 11.8. The third-order valence-electron chi connectivity index (χ3n) is 2.97. The number of halogens is 1. The summed E-state index contributed by atoms with van der Waals surface area (Å²) in [7, 11) is 0. The minimum absolute atomic E-state index is 0.0358. The summed E-state index contributed by atoms with van der Waals surface area (Å²) in [6, 6.07) is 10.9. The number of aryl methyl sites for hydroxylation is 1. The van der Waals surface area contributed by atoms with E-state index in [4.69, 9.17) is 16.3 Å². The van der Waals surface area contributed by atoms with Gasteiger partial charge in [-0.3, -0.25) is 9.36 Å². The van der Waals surface area contributed by atoms with Crippen LogP contribution in [0.25, 0.3) is 5.69 Å². The molecule has 2 aromatic rings. The van der Waals surface area contributed by atoms with Gasteiger partial charge in [0.05, 0.1) is 6.61 Å². The fourth-order valence-electron chi connectivity index (χ4n) is 1.88. The van der Waals surface area contributed by atoms with E-state index in [0.717, 1.165) is 29.8 Å². The van der Waals surface area contributed by atoms with Crippen molar-refractivity contribution in [3.63, 3.8) is 0 Å². The first-order valence-corrected chi connectivity index (χ1v) is 7.22. The Hall–Kier alpha value is -1.74. The second-order valence-corrected chi connectivity index (χ2v) is 5.03. The maximum Gasteiger partial charge on any atom is 0.255 e. The van der Waals surface area contributed by atoms with E-state index < -0.39 is 0 Å². The van der Waals surface area contributed by atoms with Gasteiger partial charge < -0.3 is 4.74 Å². The number of benzene rings is 1. The second-order valence-electron chi connectivity index (χ2n) is 4.65. The Balaban J connectivity index is 2.08. The smallest absolute Gasteiger partial charge is 0.255 e.